The molecule has 142 valence electrons. The lowest BCUT2D eigenvalue weighted by atomic mass is 10.1. The molecular formula is C17H17N3O5S2. The van der Waals surface area contributed by atoms with Crippen LogP contribution in [0.5, 0.6) is 5.75 Å². The van der Waals surface area contributed by atoms with E-state index in [9.17, 15) is 9.59 Å². The summed E-state index contributed by atoms with van der Waals surface area (Å²) >= 11 is 2.34. The predicted molar refractivity (Wildman–Crippen MR) is 104 cm³/mol. The summed E-state index contributed by atoms with van der Waals surface area (Å²) in [5.74, 6) is -0.135. The van der Waals surface area contributed by atoms with Crippen molar-refractivity contribution in [3.05, 3.63) is 34.2 Å². The number of carbonyl (C=O) groups is 2. The summed E-state index contributed by atoms with van der Waals surface area (Å²) in [7, 11) is 4.14. The zero-order chi connectivity index (χ0) is 19.6. The van der Waals surface area contributed by atoms with Gasteiger partial charge in [-0.05, 0) is 12.1 Å². The molecule has 0 unspecified atom stereocenters. The van der Waals surface area contributed by atoms with Gasteiger partial charge >= 0.3 is 11.9 Å². The maximum Gasteiger partial charge on any atom is 0.348 e. The molecule has 2 heterocycles. The van der Waals surface area contributed by atoms with Gasteiger partial charge in [-0.3, -0.25) is 0 Å². The first kappa shape index (κ1) is 19.1. The number of fused-ring (bicyclic) bond motifs is 1. The molecule has 0 aliphatic carbocycles. The number of H-pyrrole nitrogens is 1. The lowest BCUT2D eigenvalue weighted by molar-refractivity contribution is 0.0601. The minimum absolute atomic E-state index is 0.188. The van der Waals surface area contributed by atoms with Gasteiger partial charge in [0, 0.05) is 17.4 Å². The van der Waals surface area contributed by atoms with Crippen molar-refractivity contribution in [2.45, 2.75) is 10.9 Å². The van der Waals surface area contributed by atoms with Crippen LogP contribution in [-0.2, 0) is 15.2 Å². The number of esters is 2. The minimum Gasteiger partial charge on any atom is -0.497 e. The van der Waals surface area contributed by atoms with Crippen molar-refractivity contribution in [2.24, 2.45) is 0 Å². The SMILES string of the molecule is COC(=O)c1sc(N)c(C(=O)OC)c1CSc1nc2ccc(OC)cc2[nH]1. The van der Waals surface area contributed by atoms with E-state index in [-0.39, 0.29) is 15.4 Å². The third-order valence-corrected chi connectivity index (χ3v) is 5.76. The van der Waals surface area contributed by atoms with Crippen molar-refractivity contribution in [3.8, 4) is 5.75 Å². The standard InChI is InChI=1S/C17H17N3O5S2/c1-23-8-4-5-10-11(6-8)20-17(19-10)26-7-9-12(15(21)24-2)14(18)27-13(9)16(22)25-3/h4-6H,7,18H2,1-3H3,(H,19,20). The average Bonchev–Trinajstić information content (AvgIpc) is 3.24. The first-order valence-corrected chi connectivity index (χ1v) is 9.53. The second-order valence-electron chi connectivity index (χ2n) is 5.35. The molecule has 0 aliphatic rings. The Hall–Kier alpha value is -2.72. The van der Waals surface area contributed by atoms with Crippen LogP contribution in [0.2, 0.25) is 0 Å². The molecule has 27 heavy (non-hydrogen) atoms. The molecular weight excluding hydrogens is 390 g/mol. The van der Waals surface area contributed by atoms with E-state index in [0.717, 1.165) is 22.4 Å². The molecule has 3 N–H and O–H groups in total. The number of ether oxygens (including phenoxy) is 3. The summed E-state index contributed by atoms with van der Waals surface area (Å²) < 4.78 is 14.8. The van der Waals surface area contributed by atoms with E-state index in [2.05, 4.69) is 9.97 Å². The van der Waals surface area contributed by atoms with Crippen molar-refractivity contribution in [1.29, 1.82) is 0 Å². The van der Waals surface area contributed by atoms with E-state index in [0.29, 0.717) is 22.2 Å². The van der Waals surface area contributed by atoms with Crippen LogP contribution < -0.4 is 10.5 Å². The molecule has 0 fully saturated rings. The number of hydrogen-bond donors (Lipinski definition) is 2. The number of hydrogen-bond acceptors (Lipinski definition) is 9. The number of rotatable bonds is 6. The summed E-state index contributed by atoms with van der Waals surface area (Å²) in [5.41, 5.74) is 8.20. The Bertz CT molecular complexity index is 1010. The normalized spacial score (nSPS) is 10.8. The minimum atomic E-state index is -0.594. The van der Waals surface area contributed by atoms with Gasteiger partial charge in [0.2, 0.25) is 0 Å². The number of thiophene rings is 1. The van der Waals surface area contributed by atoms with Crippen LogP contribution >= 0.6 is 23.1 Å². The molecule has 3 rings (SSSR count). The lowest BCUT2D eigenvalue weighted by Gasteiger charge is -2.05. The molecule has 0 bridgehead atoms. The number of nitrogen functional groups attached to an aromatic ring is 1. The third-order valence-electron chi connectivity index (χ3n) is 3.82. The van der Waals surface area contributed by atoms with Crippen LogP contribution in [0, 0.1) is 0 Å². The average molecular weight is 407 g/mol. The summed E-state index contributed by atoms with van der Waals surface area (Å²) in [4.78, 5) is 32.1. The number of aromatic amines is 1. The predicted octanol–water partition coefficient (Wildman–Crippen LogP) is 3.08. The fourth-order valence-corrected chi connectivity index (χ4v) is 4.51. The Balaban J connectivity index is 1.92. The summed E-state index contributed by atoms with van der Waals surface area (Å²) in [6.45, 7) is 0. The Labute approximate surface area is 163 Å². The van der Waals surface area contributed by atoms with Crippen molar-refractivity contribution < 1.29 is 23.8 Å². The molecule has 0 aliphatic heterocycles. The van der Waals surface area contributed by atoms with Gasteiger partial charge in [0.1, 0.15) is 15.6 Å². The molecule has 0 amide bonds. The van der Waals surface area contributed by atoms with Crippen molar-refractivity contribution >= 4 is 51.1 Å². The van der Waals surface area contributed by atoms with Crippen LogP contribution in [0.1, 0.15) is 25.6 Å². The van der Waals surface area contributed by atoms with Crippen LogP contribution in [0.3, 0.4) is 0 Å². The van der Waals surface area contributed by atoms with Crippen LogP contribution in [0.15, 0.2) is 23.4 Å². The number of nitrogens with one attached hydrogen (secondary N) is 1. The van der Waals surface area contributed by atoms with Gasteiger partial charge in [0.25, 0.3) is 0 Å². The number of benzene rings is 1. The summed E-state index contributed by atoms with van der Waals surface area (Å²) in [6, 6.07) is 5.51. The number of imidazole rings is 1. The number of methoxy groups -OCH3 is 3. The molecule has 2 aromatic heterocycles. The molecule has 0 saturated heterocycles. The van der Waals surface area contributed by atoms with E-state index < -0.39 is 11.9 Å². The van der Waals surface area contributed by atoms with Crippen LogP contribution in [0.4, 0.5) is 5.00 Å². The maximum atomic E-state index is 12.1. The Morgan fingerprint density at radius 3 is 2.63 bits per heavy atom. The molecule has 0 saturated carbocycles. The van der Waals surface area contributed by atoms with Gasteiger partial charge in [-0.25, -0.2) is 14.6 Å². The Kier molecular flexibility index (Phi) is 5.57. The smallest absolute Gasteiger partial charge is 0.348 e. The van der Waals surface area contributed by atoms with E-state index in [4.69, 9.17) is 19.9 Å². The number of thioether (sulfide) groups is 1. The number of nitrogens with two attached hydrogens (primary N) is 1. The van der Waals surface area contributed by atoms with Crippen molar-refractivity contribution in [2.75, 3.05) is 27.1 Å². The molecule has 0 spiro atoms. The first-order valence-electron chi connectivity index (χ1n) is 7.72. The molecule has 8 nitrogen and oxygen atoms in total. The van der Waals surface area contributed by atoms with Gasteiger partial charge in [-0.15, -0.1) is 11.3 Å². The Morgan fingerprint density at radius 1 is 1.22 bits per heavy atom. The maximum absolute atomic E-state index is 12.1. The fourth-order valence-electron chi connectivity index (χ4n) is 2.51. The Morgan fingerprint density at radius 2 is 1.96 bits per heavy atom. The highest BCUT2D eigenvalue weighted by Crippen LogP contribution is 2.36. The summed E-state index contributed by atoms with van der Waals surface area (Å²) in [6.07, 6.45) is 0. The number of anilines is 1. The fraction of sp³-hybridized carbons (Fsp3) is 0.235. The van der Waals surface area contributed by atoms with Gasteiger partial charge in [-0.2, -0.15) is 0 Å². The number of nitrogens with zero attached hydrogens (tertiary/aromatic N) is 1. The molecule has 0 atom stereocenters. The van der Waals surface area contributed by atoms with E-state index in [1.807, 2.05) is 18.2 Å². The van der Waals surface area contributed by atoms with Gasteiger partial charge in [0.15, 0.2) is 5.16 Å². The monoisotopic (exact) mass is 407 g/mol. The summed E-state index contributed by atoms with van der Waals surface area (Å²) in [5, 5.41) is 0.849. The second-order valence-corrected chi connectivity index (χ2v) is 7.36. The third kappa shape index (κ3) is 3.71. The highest BCUT2D eigenvalue weighted by Gasteiger charge is 2.27. The van der Waals surface area contributed by atoms with E-state index in [1.165, 1.54) is 26.0 Å². The molecule has 10 heteroatoms. The van der Waals surface area contributed by atoms with Gasteiger partial charge in [0.05, 0.1) is 37.9 Å². The van der Waals surface area contributed by atoms with Crippen molar-refractivity contribution in [3.63, 3.8) is 0 Å². The second kappa shape index (κ2) is 7.89. The lowest BCUT2D eigenvalue weighted by Crippen LogP contribution is -2.08. The van der Waals surface area contributed by atoms with Gasteiger partial charge < -0.3 is 24.9 Å². The largest absolute Gasteiger partial charge is 0.497 e. The van der Waals surface area contributed by atoms with Crippen LogP contribution in [0.25, 0.3) is 11.0 Å². The highest BCUT2D eigenvalue weighted by molar-refractivity contribution is 7.98. The highest BCUT2D eigenvalue weighted by atomic mass is 32.2. The van der Waals surface area contributed by atoms with Crippen molar-refractivity contribution in [1.82, 2.24) is 9.97 Å². The topological polar surface area (TPSA) is 117 Å². The quantitative estimate of drug-likeness (QED) is 0.473. The number of carbonyl (C=O) groups excluding carboxylic acids is 2. The van der Waals surface area contributed by atoms with Gasteiger partial charge in [-0.1, -0.05) is 11.8 Å². The zero-order valence-corrected chi connectivity index (χ0v) is 16.5. The molecule has 1 aromatic carbocycles. The first-order chi connectivity index (χ1) is 13.0. The van der Waals surface area contributed by atoms with Crippen LogP contribution in [-0.4, -0.2) is 43.2 Å². The molecule has 3 aromatic rings. The van der Waals surface area contributed by atoms with E-state index >= 15 is 0 Å². The molecule has 0 radical (unpaired) electrons. The van der Waals surface area contributed by atoms with E-state index in [1.54, 1.807) is 7.11 Å². The zero-order valence-electron chi connectivity index (χ0n) is 14.8. The number of aromatic nitrogens is 2.